The van der Waals surface area contributed by atoms with Crippen LogP contribution in [0.4, 0.5) is 0 Å². The fourth-order valence-electron chi connectivity index (χ4n) is 2.14. The first-order valence-electron chi connectivity index (χ1n) is 7.02. The Hall–Kier alpha value is -2.12. The van der Waals surface area contributed by atoms with Crippen molar-refractivity contribution in [3.63, 3.8) is 0 Å². The van der Waals surface area contributed by atoms with Crippen molar-refractivity contribution in [2.75, 3.05) is 19.6 Å². The van der Waals surface area contributed by atoms with E-state index >= 15 is 0 Å². The van der Waals surface area contributed by atoms with Crippen molar-refractivity contribution in [2.24, 2.45) is 5.92 Å². The van der Waals surface area contributed by atoms with Gasteiger partial charge in [0.25, 0.3) is 0 Å². The first kappa shape index (κ1) is 16.9. The predicted molar refractivity (Wildman–Crippen MR) is 73.2 cm³/mol. The van der Waals surface area contributed by atoms with E-state index in [1.165, 1.54) is 0 Å². The summed E-state index contributed by atoms with van der Waals surface area (Å²) < 4.78 is 0. The zero-order chi connectivity index (χ0) is 15.7. The molecule has 8 heteroatoms. The standard InChI is InChI=1S/C13H21N3O5/c17-10(15-7-11(18)16-8-12(19)20)5-6-14-13(21)9-3-1-2-4-9/h9H,1-8H2,(H,14,21)(H,15,17)(H,16,18)(H,19,20). The Balaban J connectivity index is 2.06. The van der Waals surface area contributed by atoms with E-state index in [2.05, 4.69) is 16.0 Å². The van der Waals surface area contributed by atoms with Crippen molar-refractivity contribution in [2.45, 2.75) is 32.1 Å². The SMILES string of the molecule is O=C(O)CNC(=O)CNC(=O)CCNC(=O)C1CCCC1. The molecular formula is C13H21N3O5. The summed E-state index contributed by atoms with van der Waals surface area (Å²) in [5, 5.41) is 15.5. The maximum atomic E-state index is 11.7. The van der Waals surface area contributed by atoms with Gasteiger partial charge in [-0.05, 0) is 12.8 Å². The summed E-state index contributed by atoms with van der Waals surface area (Å²) in [5.74, 6) is -2.04. The molecule has 1 aliphatic rings. The highest BCUT2D eigenvalue weighted by atomic mass is 16.4. The highest BCUT2D eigenvalue weighted by Gasteiger charge is 2.22. The Morgan fingerprint density at radius 2 is 1.52 bits per heavy atom. The van der Waals surface area contributed by atoms with E-state index in [-0.39, 0.29) is 37.2 Å². The molecule has 0 aliphatic heterocycles. The maximum Gasteiger partial charge on any atom is 0.322 e. The van der Waals surface area contributed by atoms with E-state index < -0.39 is 18.4 Å². The Morgan fingerprint density at radius 1 is 0.905 bits per heavy atom. The third-order valence-electron chi connectivity index (χ3n) is 3.26. The van der Waals surface area contributed by atoms with E-state index in [0.717, 1.165) is 25.7 Å². The van der Waals surface area contributed by atoms with Gasteiger partial charge in [-0.3, -0.25) is 19.2 Å². The average Bonchev–Trinajstić information content (AvgIpc) is 2.97. The van der Waals surface area contributed by atoms with Crippen LogP contribution in [0, 0.1) is 5.92 Å². The fraction of sp³-hybridized carbons (Fsp3) is 0.692. The minimum atomic E-state index is -1.15. The number of amides is 3. The first-order chi connectivity index (χ1) is 9.99. The van der Waals surface area contributed by atoms with Gasteiger partial charge in [-0.1, -0.05) is 12.8 Å². The number of aliphatic carboxylic acids is 1. The van der Waals surface area contributed by atoms with Crippen molar-refractivity contribution in [3.05, 3.63) is 0 Å². The first-order valence-corrected chi connectivity index (χ1v) is 7.02. The number of rotatable bonds is 8. The zero-order valence-electron chi connectivity index (χ0n) is 11.8. The lowest BCUT2D eigenvalue weighted by molar-refractivity contribution is -0.137. The highest BCUT2D eigenvalue weighted by molar-refractivity contribution is 5.87. The van der Waals surface area contributed by atoms with Crippen LogP contribution in [0.5, 0.6) is 0 Å². The topological polar surface area (TPSA) is 125 Å². The monoisotopic (exact) mass is 299 g/mol. The third-order valence-corrected chi connectivity index (χ3v) is 3.26. The van der Waals surface area contributed by atoms with Crippen LogP contribution in [0.1, 0.15) is 32.1 Å². The molecule has 3 amide bonds. The number of carbonyl (C=O) groups is 4. The molecule has 1 aliphatic carbocycles. The second-order valence-electron chi connectivity index (χ2n) is 4.97. The largest absolute Gasteiger partial charge is 0.480 e. The van der Waals surface area contributed by atoms with E-state index in [0.29, 0.717) is 0 Å². The molecule has 0 saturated heterocycles. The normalized spacial score (nSPS) is 14.5. The van der Waals surface area contributed by atoms with Crippen molar-refractivity contribution >= 4 is 23.7 Å². The van der Waals surface area contributed by atoms with Gasteiger partial charge in [0.2, 0.25) is 17.7 Å². The second kappa shape index (κ2) is 8.93. The molecule has 0 spiro atoms. The van der Waals surface area contributed by atoms with Gasteiger partial charge in [0.15, 0.2) is 0 Å². The van der Waals surface area contributed by atoms with Crippen LogP contribution in [0.3, 0.4) is 0 Å². The molecule has 0 radical (unpaired) electrons. The van der Waals surface area contributed by atoms with Crippen LogP contribution < -0.4 is 16.0 Å². The molecule has 8 nitrogen and oxygen atoms in total. The third kappa shape index (κ3) is 7.28. The van der Waals surface area contributed by atoms with Gasteiger partial charge in [-0.25, -0.2) is 0 Å². The van der Waals surface area contributed by atoms with Crippen LogP contribution in [0.2, 0.25) is 0 Å². The molecule has 0 atom stereocenters. The van der Waals surface area contributed by atoms with Crippen molar-refractivity contribution in [1.29, 1.82) is 0 Å². The minimum absolute atomic E-state index is 0.0144. The summed E-state index contributed by atoms with van der Waals surface area (Å²) in [6, 6.07) is 0. The minimum Gasteiger partial charge on any atom is -0.480 e. The van der Waals surface area contributed by atoms with Gasteiger partial charge in [0.05, 0.1) is 6.54 Å². The smallest absolute Gasteiger partial charge is 0.322 e. The van der Waals surface area contributed by atoms with E-state index in [4.69, 9.17) is 5.11 Å². The summed E-state index contributed by atoms with van der Waals surface area (Å²) in [6.07, 6.45) is 4.04. The molecule has 1 rings (SSSR count). The van der Waals surface area contributed by atoms with Gasteiger partial charge in [0, 0.05) is 18.9 Å². The van der Waals surface area contributed by atoms with Crippen LogP contribution in [0.15, 0.2) is 0 Å². The number of carboxylic acid groups (broad SMARTS) is 1. The summed E-state index contributed by atoms with van der Waals surface area (Å²) in [6.45, 7) is -0.521. The molecule has 4 N–H and O–H groups in total. The van der Waals surface area contributed by atoms with Crippen LogP contribution in [-0.4, -0.2) is 48.4 Å². The van der Waals surface area contributed by atoms with E-state index in [9.17, 15) is 19.2 Å². The zero-order valence-corrected chi connectivity index (χ0v) is 11.8. The van der Waals surface area contributed by atoms with Gasteiger partial charge < -0.3 is 21.1 Å². The van der Waals surface area contributed by atoms with Crippen LogP contribution >= 0.6 is 0 Å². The Morgan fingerprint density at radius 3 is 2.14 bits per heavy atom. The van der Waals surface area contributed by atoms with Gasteiger partial charge in [-0.2, -0.15) is 0 Å². The van der Waals surface area contributed by atoms with E-state index in [1.54, 1.807) is 0 Å². The molecule has 0 aromatic rings. The lowest BCUT2D eigenvalue weighted by Crippen LogP contribution is -2.40. The van der Waals surface area contributed by atoms with Crippen LogP contribution in [0.25, 0.3) is 0 Å². The molecule has 0 unspecified atom stereocenters. The molecule has 1 fully saturated rings. The van der Waals surface area contributed by atoms with Crippen molar-refractivity contribution in [3.8, 4) is 0 Å². The molecule has 21 heavy (non-hydrogen) atoms. The number of carbonyl (C=O) groups excluding carboxylic acids is 3. The predicted octanol–water partition coefficient (Wildman–Crippen LogP) is -1.00. The van der Waals surface area contributed by atoms with Gasteiger partial charge in [0.1, 0.15) is 6.54 Å². The molecule has 1 saturated carbocycles. The molecule has 0 bridgehead atoms. The van der Waals surface area contributed by atoms with Crippen molar-refractivity contribution < 1.29 is 24.3 Å². The molecule has 0 aromatic carbocycles. The molecule has 0 heterocycles. The maximum absolute atomic E-state index is 11.7. The molecule has 0 aromatic heterocycles. The van der Waals surface area contributed by atoms with Crippen molar-refractivity contribution in [1.82, 2.24) is 16.0 Å². The van der Waals surface area contributed by atoms with Crippen LogP contribution in [-0.2, 0) is 19.2 Å². The summed E-state index contributed by atoms with van der Waals surface area (Å²) in [4.78, 5) is 44.5. The quantitative estimate of drug-likeness (QED) is 0.457. The molecular weight excluding hydrogens is 278 g/mol. The summed E-state index contributed by atoms with van der Waals surface area (Å²) in [5.41, 5.74) is 0. The number of hydrogen-bond acceptors (Lipinski definition) is 4. The molecule has 118 valence electrons. The summed E-state index contributed by atoms with van der Waals surface area (Å²) >= 11 is 0. The number of carboxylic acids is 1. The number of hydrogen-bond donors (Lipinski definition) is 4. The second-order valence-corrected chi connectivity index (χ2v) is 4.97. The Labute approximate surface area is 122 Å². The van der Waals surface area contributed by atoms with Gasteiger partial charge >= 0.3 is 5.97 Å². The fourth-order valence-corrected chi connectivity index (χ4v) is 2.14. The number of nitrogens with one attached hydrogen (secondary N) is 3. The van der Waals surface area contributed by atoms with Gasteiger partial charge in [-0.15, -0.1) is 0 Å². The van der Waals surface area contributed by atoms with E-state index in [1.807, 2.05) is 0 Å². The average molecular weight is 299 g/mol. The lowest BCUT2D eigenvalue weighted by atomic mass is 10.1. The Bertz CT molecular complexity index is 405. The summed E-state index contributed by atoms with van der Waals surface area (Å²) in [7, 11) is 0. The highest BCUT2D eigenvalue weighted by Crippen LogP contribution is 2.24. The Kier molecular flexibility index (Phi) is 7.20. The lowest BCUT2D eigenvalue weighted by Gasteiger charge is -2.10.